The number of pyridine rings is 1. The van der Waals surface area contributed by atoms with Crippen LogP contribution in [0.3, 0.4) is 0 Å². The molecular formula is C13H16N4O. The SMILES string of the molecule is Cc1cc(NC(=O)c2c(C)nn(C)c2C)ccn1. The van der Waals surface area contributed by atoms with E-state index in [0.717, 1.165) is 22.8 Å². The Morgan fingerprint density at radius 3 is 2.61 bits per heavy atom. The van der Waals surface area contributed by atoms with Gasteiger partial charge in [-0.25, -0.2) is 0 Å². The topological polar surface area (TPSA) is 59.8 Å². The number of hydrogen-bond acceptors (Lipinski definition) is 3. The van der Waals surface area contributed by atoms with Gasteiger partial charge in [0.25, 0.3) is 5.91 Å². The Kier molecular flexibility index (Phi) is 3.14. The van der Waals surface area contributed by atoms with Gasteiger partial charge in [-0.2, -0.15) is 5.10 Å². The van der Waals surface area contributed by atoms with Crippen molar-refractivity contribution in [3.8, 4) is 0 Å². The molecule has 2 aromatic rings. The molecule has 0 atom stereocenters. The summed E-state index contributed by atoms with van der Waals surface area (Å²) in [6.45, 7) is 5.60. The van der Waals surface area contributed by atoms with E-state index in [1.165, 1.54) is 0 Å². The number of carbonyl (C=O) groups is 1. The summed E-state index contributed by atoms with van der Waals surface area (Å²) in [5, 5.41) is 7.10. The molecule has 0 radical (unpaired) electrons. The van der Waals surface area contributed by atoms with Crippen molar-refractivity contribution >= 4 is 11.6 Å². The Morgan fingerprint density at radius 2 is 2.06 bits per heavy atom. The highest BCUT2D eigenvalue weighted by atomic mass is 16.1. The molecule has 0 bridgehead atoms. The van der Waals surface area contributed by atoms with Crippen LogP contribution < -0.4 is 5.32 Å². The van der Waals surface area contributed by atoms with Crippen LogP contribution in [-0.4, -0.2) is 20.7 Å². The monoisotopic (exact) mass is 244 g/mol. The third kappa shape index (κ3) is 2.25. The quantitative estimate of drug-likeness (QED) is 0.878. The Balaban J connectivity index is 2.27. The molecule has 0 saturated carbocycles. The van der Waals surface area contributed by atoms with Crippen molar-refractivity contribution in [3.05, 3.63) is 41.0 Å². The summed E-state index contributed by atoms with van der Waals surface area (Å²) < 4.78 is 1.71. The lowest BCUT2D eigenvalue weighted by molar-refractivity contribution is 0.102. The maximum absolute atomic E-state index is 12.2. The van der Waals surface area contributed by atoms with E-state index in [4.69, 9.17) is 0 Å². The smallest absolute Gasteiger partial charge is 0.259 e. The molecule has 0 aliphatic carbocycles. The molecule has 94 valence electrons. The van der Waals surface area contributed by atoms with Crippen LogP contribution in [0.25, 0.3) is 0 Å². The van der Waals surface area contributed by atoms with Crippen molar-refractivity contribution in [2.24, 2.45) is 7.05 Å². The molecular weight excluding hydrogens is 228 g/mol. The summed E-state index contributed by atoms with van der Waals surface area (Å²) in [5.74, 6) is -0.135. The van der Waals surface area contributed by atoms with Crippen molar-refractivity contribution in [1.29, 1.82) is 0 Å². The zero-order valence-corrected chi connectivity index (χ0v) is 11.0. The van der Waals surface area contributed by atoms with Crippen LogP contribution in [0.15, 0.2) is 18.3 Å². The fourth-order valence-electron chi connectivity index (χ4n) is 1.92. The molecule has 2 rings (SSSR count). The van der Waals surface area contributed by atoms with Gasteiger partial charge in [-0.3, -0.25) is 14.5 Å². The zero-order valence-electron chi connectivity index (χ0n) is 11.0. The highest BCUT2D eigenvalue weighted by Gasteiger charge is 2.17. The number of aryl methyl sites for hydroxylation is 3. The number of rotatable bonds is 2. The summed E-state index contributed by atoms with van der Waals surface area (Å²) in [5.41, 5.74) is 3.84. The van der Waals surface area contributed by atoms with Gasteiger partial charge in [0.2, 0.25) is 0 Å². The second-order valence-corrected chi connectivity index (χ2v) is 4.31. The number of nitrogens with one attached hydrogen (secondary N) is 1. The minimum absolute atomic E-state index is 0.135. The number of amides is 1. The first-order valence-corrected chi connectivity index (χ1v) is 5.73. The molecule has 0 aromatic carbocycles. The Labute approximate surface area is 106 Å². The Bertz CT molecular complexity index is 601. The summed E-state index contributed by atoms with van der Waals surface area (Å²) in [4.78, 5) is 16.3. The third-order valence-corrected chi connectivity index (χ3v) is 2.89. The van der Waals surface area contributed by atoms with Gasteiger partial charge in [0.1, 0.15) is 0 Å². The molecule has 0 spiro atoms. The van der Waals surface area contributed by atoms with E-state index in [1.54, 1.807) is 16.9 Å². The van der Waals surface area contributed by atoms with Crippen LogP contribution in [0.2, 0.25) is 0 Å². The predicted molar refractivity (Wildman–Crippen MR) is 69.6 cm³/mol. The van der Waals surface area contributed by atoms with E-state index in [-0.39, 0.29) is 5.91 Å². The molecule has 0 unspecified atom stereocenters. The van der Waals surface area contributed by atoms with Crippen LogP contribution in [0.1, 0.15) is 27.4 Å². The molecule has 1 amide bonds. The summed E-state index contributed by atoms with van der Waals surface area (Å²) in [7, 11) is 1.83. The minimum atomic E-state index is -0.135. The van der Waals surface area contributed by atoms with Crippen molar-refractivity contribution in [3.63, 3.8) is 0 Å². The normalized spacial score (nSPS) is 10.4. The zero-order chi connectivity index (χ0) is 13.3. The number of carbonyl (C=O) groups excluding carboxylic acids is 1. The highest BCUT2D eigenvalue weighted by molar-refractivity contribution is 6.05. The maximum atomic E-state index is 12.2. The molecule has 2 aromatic heterocycles. The van der Waals surface area contributed by atoms with E-state index in [9.17, 15) is 4.79 Å². The second kappa shape index (κ2) is 4.60. The fraction of sp³-hybridized carbons (Fsp3) is 0.308. The van der Waals surface area contributed by atoms with Gasteiger partial charge in [0.15, 0.2) is 0 Å². The molecule has 5 heteroatoms. The van der Waals surface area contributed by atoms with Crippen LogP contribution in [0.5, 0.6) is 0 Å². The van der Waals surface area contributed by atoms with Gasteiger partial charge >= 0.3 is 0 Å². The van der Waals surface area contributed by atoms with Crippen LogP contribution in [0, 0.1) is 20.8 Å². The first kappa shape index (κ1) is 12.3. The van der Waals surface area contributed by atoms with Gasteiger partial charge in [0, 0.05) is 30.3 Å². The maximum Gasteiger partial charge on any atom is 0.259 e. The molecule has 0 aliphatic rings. The van der Waals surface area contributed by atoms with Crippen molar-refractivity contribution in [1.82, 2.24) is 14.8 Å². The number of anilines is 1. The lowest BCUT2D eigenvalue weighted by Crippen LogP contribution is -2.14. The summed E-state index contributed by atoms with van der Waals surface area (Å²) >= 11 is 0. The van der Waals surface area contributed by atoms with Gasteiger partial charge in [-0.1, -0.05) is 0 Å². The number of hydrogen-bond donors (Lipinski definition) is 1. The fourth-order valence-corrected chi connectivity index (χ4v) is 1.92. The molecule has 2 heterocycles. The van der Waals surface area contributed by atoms with Crippen molar-refractivity contribution in [2.45, 2.75) is 20.8 Å². The first-order valence-electron chi connectivity index (χ1n) is 5.73. The molecule has 1 N–H and O–H groups in total. The van der Waals surface area contributed by atoms with E-state index in [1.807, 2.05) is 33.9 Å². The number of aromatic nitrogens is 3. The molecule has 0 aliphatic heterocycles. The third-order valence-electron chi connectivity index (χ3n) is 2.89. The second-order valence-electron chi connectivity index (χ2n) is 4.31. The van der Waals surface area contributed by atoms with Crippen LogP contribution >= 0.6 is 0 Å². The van der Waals surface area contributed by atoms with Gasteiger partial charge in [-0.05, 0) is 32.9 Å². The van der Waals surface area contributed by atoms with Crippen molar-refractivity contribution < 1.29 is 4.79 Å². The van der Waals surface area contributed by atoms with E-state index >= 15 is 0 Å². The van der Waals surface area contributed by atoms with Crippen LogP contribution in [-0.2, 0) is 7.05 Å². The lowest BCUT2D eigenvalue weighted by atomic mass is 10.2. The van der Waals surface area contributed by atoms with E-state index in [2.05, 4.69) is 15.4 Å². The predicted octanol–water partition coefficient (Wildman–Crippen LogP) is 1.99. The molecule has 5 nitrogen and oxygen atoms in total. The molecule has 0 fully saturated rings. The Morgan fingerprint density at radius 1 is 1.33 bits per heavy atom. The van der Waals surface area contributed by atoms with Crippen LogP contribution in [0.4, 0.5) is 5.69 Å². The van der Waals surface area contributed by atoms with Gasteiger partial charge < -0.3 is 5.32 Å². The first-order chi connectivity index (χ1) is 8.49. The average molecular weight is 244 g/mol. The Hall–Kier alpha value is -2.17. The lowest BCUT2D eigenvalue weighted by Gasteiger charge is -2.06. The number of nitrogens with zero attached hydrogens (tertiary/aromatic N) is 3. The van der Waals surface area contributed by atoms with Gasteiger partial charge in [0.05, 0.1) is 11.3 Å². The molecule has 0 saturated heterocycles. The minimum Gasteiger partial charge on any atom is -0.322 e. The van der Waals surface area contributed by atoms with Crippen molar-refractivity contribution in [2.75, 3.05) is 5.32 Å². The standard InChI is InChI=1S/C13H16N4O/c1-8-7-11(5-6-14-8)15-13(18)12-9(2)16-17(4)10(12)3/h5-7H,1-4H3,(H,14,15,18). The summed E-state index contributed by atoms with van der Waals surface area (Å²) in [6, 6.07) is 3.60. The highest BCUT2D eigenvalue weighted by Crippen LogP contribution is 2.15. The van der Waals surface area contributed by atoms with E-state index < -0.39 is 0 Å². The largest absolute Gasteiger partial charge is 0.322 e. The average Bonchev–Trinajstić information content (AvgIpc) is 2.53. The molecule has 18 heavy (non-hydrogen) atoms. The summed E-state index contributed by atoms with van der Waals surface area (Å²) in [6.07, 6.45) is 1.67. The van der Waals surface area contributed by atoms with E-state index in [0.29, 0.717) is 5.56 Å². The van der Waals surface area contributed by atoms with Gasteiger partial charge in [-0.15, -0.1) is 0 Å².